The molecule has 0 saturated carbocycles. The zero-order chi connectivity index (χ0) is 31.3. The van der Waals surface area contributed by atoms with E-state index in [9.17, 15) is 15.0 Å². The molecular formula is C30H32N4O10. The number of nitrogens with one attached hydrogen (secondary N) is 1. The first kappa shape index (κ1) is 31.9. The van der Waals surface area contributed by atoms with Crippen LogP contribution < -0.4 is 14.8 Å². The van der Waals surface area contributed by atoms with E-state index in [1.165, 1.54) is 12.1 Å². The Morgan fingerprint density at radius 1 is 0.727 bits per heavy atom. The van der Waals surface area contributed by atoms with Gasteiger partial charge in [-0.2, -0.15) is 9.97 Å². The summed E-state index contributed by atoms with van der Waals surface area (Å²) < 4.78 is 25.8. The molecule has 4 rings (SSSR count). The van der Waals surface area contributed by atoms with Crippen LogP contribution in [0.5, 0.6) is 23.0 Å². The van der Waals surface area contributed by atoms with Gasteiger partial charge in [0.25, 0.3) is 0 Å². The maximum Gasteiger partial charge on any atom is 0.338 e. The van der Waals surface area contributed by atoms with Crippen LogP contribution in [-0.4, -0.2) is 88.0 Å². The van der Waals surface area contributed by atoms with Crippen molar-refractivity contribution in [3.05, 3.63) is 66.2 Å². The number of hydrogen-bond acceptors (Lipinski definition) is 14. The van der Waals surface area contributed by atoms with E-state index >= 15 is 0 Å². The van der Waals surface area contributed by atoms with Crippen LogP contribution >= 0.6 is 0 Å². The number of aromatic hydroxyl groups is 2. The summed E-state index contributed by atoms with van der Waals surface area (Å²) in [7, 11) is 0. The second-order valence-electron chi connectivity index (χ2n) is 8.86. The molecule has 4 aromatic rings. The molecule has 0 aliphatic carbocycles. The van der Waals surface area contributed by atoms with Gasteiger partial charge in [0.05, 0.1) is 36.5 Å². The number of nitrogens with zero attached hydrogens (tertiary/aromatic N) is 3. The lowest BCUT2D eigenvalue weighted by atomic mass is 10.1. The smallest absolute Gasteiger partial charge is 0.338 e. The first-order valence-electron chi connectivity index (χ1n) is 13.5. The lowest BCUT2D eigenvalue weighted by Crippen LogP contribution is -2.07. The molecule has 0 radical (unpaired) electrons. The predicted octanol–water partition coefficient (Wildman–Crippen LogP) is 3.23. The topological polar surface area (TPSA) is 195 Å². The number of carbonyl (C=O) groups is 1. The van der Waals surface area contributed by atoms with Gasteiger partial charge in [-0.3, -0.25) is 0 Å². The number of aliphatic hydroxyl groups is 2. The summed E-state index contributed by atoms with van der Waals surface area (Å²) in [6.07, 6.45) is 0. The number of hydrogen-bond donors (Lipinski definition) is 5. The number of aliphatic hydroxyl groups excluding tert-OH is 2. The number of carbonyl (C=O) groups excluding carboxylic acids is 1. The normalized spacial score (nSPS) is 10.8. The molecule has 1 heterocycles. The summed E-state index contributed by atoms with van der Waals surface area (Å²) in [5.74, 6) is 0.200. The third-order valence-electron chi connectivity index (χ3n) is 5.88. The highest BCUT2D eigenvalue weighted by Gasteiger charge is 2.17. The van der Waals surface area contributed by atoms with Gasteiger partial charge in [-0.05, 0) is 55.5 Å². The van der Waals surface area contributed by atoms with Crippen molar-refractivity contribution in [3.63, 3.8) is 0 Å². The maximum atomic E-state index is 12.0. The second-order valence-corrected chi connectivity index (χ2v) is 8.86. The van der Waals surface area contributed by atoms with Gasteiger partial charge in [0, 0.05) is 17.8 Å². The highest BCUT2D eigenvalue weighted by molar-refractivity contribution is 5.89. The third kappa shape index (κ3) is 8.75. The van der Waals surface area contributed by atoms with Crippen LogP contribution in [0, 0.1) is 0 Å². The van der Waals surface area contributed by atoms with Crippen molar-refractivity contribution in [1.29, 1.82) is 0 Å². The molecule has 0 spiro atoms. The average Bonchev–Trinajstić information content (AvgIpc) is 3.02. The van der Waals surface area contributed by atoms with E-state index in [1.54, 1.807) is 55.5 Å². The van der Waals surface area contributed by atoms with Crippen molar-refractivity contribution in [2.45, 2.75) is 6.92 Å². The van der Waals surface area contributed by atoms with Crippen LogP contribution in [-0.2, 0) is 14.2 Å². The minimum atomic E-state index is -0.448. The van der Waals surface area contributed by atoms with Crippen molar-refractivity contribution >= 4 is 17.6 Å². The van der Waals surface area contributed by atoms with Crippen LogP contribution in [0.25, 0.3) is 22.8 Å². The van der Waals surface area contributed by atoms with Crippen molar-refractivity contribution in [2.24, 2.45) is 0 Å². The fourth-order valence-electron chi connectivity index (χ4n) is 3.85. The average molecular weight is 609 g/mol. The molecule has 5 N–H and O–H groups in total. The SMILES string of the molecule is CCOC(=O)c1ccc(Nc2nc(-c3ccc(OCCOCO)cc3O)nc(-c3ccc(OCCOCO)cc3O)n2)cc1. The van der Waals surface area contributed by atoms with Crippen molar-refractivity contribution in [3.8, 4) is 45.8 Å². The van der Waals surface area contributed by atoms with Gasteiger partial charge in [-0.15, -0.1) is 0 Å². The molecule has 0 unspecified atom stereocenters. The van der Waals surface area contributed by atoms with Gasteiger partial charge >= 0.3 is 5.97 Å². The van der Waals surface area contributed by atoms with Crippen LogP contribution in [0.4, 0.5) is 11.6 Å². The summed E-state index contributed by atoms with van der Waals surface area (Å²) in [5, 5.41) is 42.2. The molecule has 0 aliphatic heterocycles. The van der Waals surface area contributed by atoms with Crippen molar-refractivity contribution in [1.82, 2.24) is 15.0 Å². The van der Waals surface area contributed by atoms with E-state index in [-0.39, 0.29) is 73.3 Å². The summed E-state index contributed by atoms with van der Waals surface area (Å²) in [5.41, 5.74) is 1.45. The third-order valence-corrected chi connectivity index (χ3v) is 5.88. The molecule has 0 atom stereocenters. The predicted molar refractivity (Wildman–Crippen MR) is 157 cm³/mol. The molecule has 0 saturated heterocycles. The molecule has 44 heavy (non-hydrogen) atoms. The summed E-state index contributed by atoms with van der Waals surface area (Å²) in [6, 6.07) is 15.6. The van der Waals surface area contributed by atoms with E-state index in [2.05, 4.69) is 20.3 Å². The minimum Gasteiger partial charge on any atom is -0.507 e. The van der Waals surface area contributed by atoms with Gasteiger partial charge < -0.3 is 49.4 Å². The number of esters is 1. The Hall–Kier alpha value is -5.02. The lowest BCUT2D eigenvalue weighted by molar-refractivity contribution is -0.0128. The largest absolute Gasteiger partial charge is 0.507 e. The Morgan fingerprint density at radius 3 is 1.70 bits per heavy atom. The first-order chi connectivity index (χ1) is 21.4. The fraction of sp³-hybridized carbons (Fsp3) is 0.267. The van der Waals surface area contributed by atoms with Gasteiger partial charge in [-0.25, -0.2) is 9.78 Å². The Balaban J connectivity index is 1.66. The Bertz CT molecular complexity index is 1460. The van der Waals surface area contributed by atoms with E-state index in [1.807, 2.05) is 0 Å². The zero-order valence-corrected chi connectivity index (χ0v) is 23.8. The van der Waals surface area contributed by atoms with Gasteiger partial charge in [-0.1, -0.05) is 0 Å². The number of phenols is 2. The molecule has 0 bridgehead atoms. The number of rotatable bonds is 16. The van der Waals surface area contributed by atoms with E-state index in [0.29, 0.717) is 22.7 Å². The quantitative estimate of drug-likeness (QED) is 0.0706. The van der Waals surface area contributed by atoms with Crippen molar-refractivity contribution in [2.75, 3.05) is 51.9 Å². The van der Waals surface area contributed by atoms with Crippen LogP contribution in [0.1, 0.15) is 17.3 Å². The van der Waals surface area contributed by atoms with Gasteiger partial charge in [0.2, 0.25) is 5.95 Å². The van der Waals surface area contributed by atoms with Crippen molar-refractivity contribution < 1.29 is 48.9 Å². The lowest BCUT2D eigenvalue weighted by Gasteiger charge is -2.13. The highest BCUT2D eigenvalue weighted by atomic mass is 16.6. The molecule has 232 valence electrons. The summed E-state index contributed by atoms with van der Waals surface area (Å²) in [4.78, 5) is 25.5. The first-order valence-corrected chi connectivity index (χ1v) is 13.5. The molecule has 0 amide bonds. The number of phenolic OH excluding ortho intramolecular Hbond substituents is 2. The second kappa shape index (κ2) is 16.0. The Morgan fingerprint density at radius 2 is 1.25 bits per heavy atom. The van der Waals surface area contributed by atoms with E-state index in [4.69, 9.17) is 33.9 Å². The maximum absolute atomic E-state index is 12.0. The van der Waals surface area contributed by atoms with E-state index < -0.39 is 19.6 Å². The van der Waals surface area contributed by atoms with Gasteiger partial charge in [0.15, 0.2) is 11.6 Å². The zero-order valence-electron chi connectivity index (χ0n) is 23.8. The number of ether oxygens (including phenoxy) is 5. The number of benzene rings is 3. The molecular weight excluding hydrogens is 576 g/mol. The van der Waals surface area contributed by atoms with Crippen LogP contribution in [0.3, 0.4) is 0 Å². The summed E-state index contributed by atoms with van der Waals surface area (Å²) in [6.45, 7) is 1.77. The van der Waals surface area contributed by atoms with Gasteiger partial charge in [0.1, 0.15) is 49.8 Å². The number of anilines is 2. The fourth-order valence-corrected chi connectivity index (χ4v) is 3.85. The molecule has 0 fully saturated rings. The standard InChI is InChI=1S/C30H32N4O10/c1-2-42-29(39)19-3-5-20(6-4-19)31-30-33-27(23-9-7-21(15-25(23)37)43-13-11-40-17-35)32-28(34-30)24-10-8-22(16-26(24)38)44-14-12-41-18-36/h3-10,15-16,35-38H,2,11-14,17-18H2,1H3,(H,31,32,33,34). The number of aromatic nitrogens is 3. The molecule has 3 aromatic carbocycles. The minimum absolute atomic E-state index is 0.0918. The molecule has 14 heteroatoms. The molecule has 1 aromatic heterocycles. The summed E-state index contributed by atoms with van der Waals surface area (Å²) >= 11 is 0. The van der Waals surface area contributed by atoms with E-state index in [0.717, 1.165) is 0 Å². The van der Waals surface area contributed by atoms with Crippen LogP contribution in [0.2, 0.25) is 0 Å². The Kier molecular flexibility index (Phi) is 11.6. The molecule has 14 nitrogen and oxygen atoms in total. The van der Waals surface area contributed by atoms with Crippen LogP contribution in [0.15, 0.2) is 60.7 Å². The molecule has 0 aliphatic rings. The monoisotopic (exact) mass is 608 g/mol. The highest BCUT2D eigenvalue weighted by Crippen LogP contribution is 2.35. The Labute approximate surface area is 252 Å².